The molecule has 4 atom stereocenters. The summed E-state index contributed by atoms with van der Waals surface area (Å²) in [4.78, 5) is 15.5. The van der Waals surface area contributed by atoms with Gasteiger partial charge in [-0.1, -0.05) is 25.1 Å². The van der Waals surface area contributed by atoms with Gasteiger partial charge in [0, 0.05) is 29.6 Å². The van der Waals surface area contributed by atoms with E-state index in [1.54, 1.807) is 0 Å². The minimum Gasteiger partial charge on any atom is -0.348 e. The fourth-order valence-corrected chi connectivity index (χ4v) is 4.55. The second kappa shape index (κ2) is 6.45. The number of carbonyl (C=O) groups is 1. The van der Waals surface area contributed by atoms with Gasteiger partial charge in [0.15, 0.2) is 5.69 Å². The lowest BCUT2D eigenvalue weighted by Gasteiger charge is -2.36. The van der Waals surface area contributed by atoms with Crippen LogP contribution in [0.5, 0.6) is 0 Å². The fraction of sp³-hybridized carbons (Fsp3) is 0.600. The predicted molar refractivity (Wildman–Crippen MR) is 99.8 cm³/mol. The second-order valence-corrected chi connectivity index (χ2v) is 7.76. The van der Waals surface area contributed by atoms with Crippen molar-refractivity contribution in [1.29, 1.82) is 0 Å². The van der Waals surface area contributed by atoms with Crippen molar-refractivity contribution in [2.45, 2.75) is 70.1 Å². The van der Waals surface area contributed by atoms with Crippen molar-refractivity contribution >= 4 is 16.8 Å². The Kier molecular flexibility index (Phi) is 4.28. The summed E-state index contributed by atoms with van der Waals surface area (Å²) < 4.78 is 2.00. The number of benzene rings is 1. The Bertz CT molecular complexity index is 769. The van der Waals surface area contributed by atoms with Crippen molar-refractivity contribution in [1.82, 2.24) is 20.0 Å². The molecule has 0 aliphatic carbocycles. The van der Waals surface area contributed by atoms with Crippen molar-refractivity contribution < 1.29 is 4.79 Å². The third kappa shape index (κ3) is 2.84. The number of amides is 1. The van der Waals surface area contributed by atoms with Crippen LogP contribution in [0.15, 0.2) is 24.3 Å². The van der Waals surface area contributed by atoms with Gasteiger partial charge in [0.1, 0.15) is 0 Å². The lowest BCUT2D eigenvalue weighted by atomic mass is 9.98. The second-order valence-electron chi connectivity index (χ2n) is 7.76. The fourth-order valence-electron chi connectivity index (χ4n) is 4.55. The molecule has 2 aliphatic rings. The molecule has 5 heteroatoms. The van der Waals surface area contributed by atoms with E-state index in [1.807, 2.05) is 22.9 Å². The monoisotopic (exact) mass is 340 g/mol. The molecule has 0 spiro atoms. The zero-order chi connectivity index (χ0) is 17.6. The van der Waals surface area contributed by atoms with Crippen LogP contribution in [0.3, 0.4) is 0 Å². The summed E-state index contributed by atoms with van der Waals surface area (Å²) >= 11 is 0. The molecule has 2 bridgehead atoms. The van der Waals surface area contributed by atoms with Gasteiger partial charge in [-0.05, 0) is 52.1 Å². The third-order valence-corrected chi connectivity index (χ3v) is 6.27. The van der Waals surface area contributed by atoms with Gasteiger partial charge >= 0.3 is 0 Å². The highest BCUT2D eigenvalue weighted by molar-refractivity contribution is 6.05. The van der Waals surface area contributed by atoms with Crippen molar-refractivity contribution in [3.05, 3.63) is 30.0 Å². The number of carbonyl (C=O) groups excluding carboxylic acids is 1. The molecule has 2 saturated heterocycles. The molecule has 25 heavy (non-hydrogen) atoms. The Morgan fingerprint density at radius 2 is 1.96 bits per heavy atom. The van der Waals surface area contributed by atoms with Crippen LogP contribution in [0, 0.1) is 0 Å². The summed E-state index contributed by atoms with van der Waals surface area (Å²) in [6, 6.07) is 9.86. The van der Waals surface area contributed by atoms with Gasteiger partial charge in [-0.15, -0.1) is 0 Å². The summed E-state index contributed by atoms with van der Waals surface area (Å²) in [6.07, 6.45) is 5.63. The van der Waals surface area contributed by atoms with Crippen LogP contribution in [0.25, 0.3) is 10.9 Å². The van der Waals surface area contributed by atoms with Crippen LogP contribution in [-0.4, -0.2) is 45.8 Å². The van der Waals surface area contributed by atoms with E-state index in [1.165, 1.54) is 12.8 Å². The number of hydrogen-bond acceptors (Lipinski definition) is 3. The summed E-state index contributed by atoms with van der Waals surface area (Å²) in [5.41, 5.74) is 1.62. The minimum atomic E-state index is -0.0211. The molecule has 1 aromatic heterocycles. The number of nitrogens with one attached hydrogen (secondary N) is 1. The molecule has 2 unspecified atom stereocenters. The SMILES string of the molecule is CCC(C)n1nc(C(=O)NC2C[C@H]3CC[C@@H](C2)N3C)c2ccccc21. The molecule has 3 heterocycles. The third-order valence-electron chi connectivity index (χ3n) is 6.27. The van der Waals surface area contributed by atoms with Crippen LogP contribution in [0.2, 0.25) is 0 Å². The highest BCUT2D eigenvalue weighted by Crippen LogP contribution is 2.34. The Morgan fingerprint density at radius 3 is 2.64 bits per heavy atom. The maximum absolute atomic E-state index is 13.0. The zero-order valence-corrected chi connectivity index (χ0v) is 15.4. The minimum absolute atomic E-state index is 0.0211. The van der Waals surface area contributed by atoms with Gasteiger partial charge < -0.3 is 10.2 Å². The largest absolute Gasteiger partial charge is 0.348 e. The average Bonchev–Trinajstić information content (AvgIpc) is 3.08. The molecule has 4 rings (SSSR count). The Balaban J connectivity index is 1.58. The first-order valence-electron chi connectivity index (χ1n) is 9.58. The predicted octanol–water partition coefficient (Wildman–Crippen LogP) is 3.36. The highest BCUT2D eigenvalue weighted by Gasteiger charge is 2.39. The molecule has 1 aromatic carbocycles. The Labute approximate surface area is 149 Å². The van der Waals surface area contributed by atoms with Gasteiger partial charge in [0.25, 0.3) is 5.91 Å². The summed E-state index contributed by atoms with van der Waals surface area (Å²) in [5.74, 6) is -0.0211. The number of rotatable bonds is 4. The lowest BCUT2D eigenvalue weighted by molar-refractivity contribution is 0.0878. The van der Waals surface area contributed by atoms with Crippen LogP contribution in [-0.2, 0) is 0 Å². The number of para-hydroxylation sites is 1. The molecule has 0 radical (unpaired) electrons. The summed E-state index contributed by atoms with van der Waals surface area (Å²) in [5, 5.41) is 8.92. The van der Waals surface area contributed by atoms with E-state index in [9.17, 15) is 4.79 Å². The van der Waals surface area contributed by atoms with Crippen molar-refractivity contribution in [2.24, 2.45) is 0 Å². The molecule has 1 N–H and O–H groups in total. The summed E-state index contributed by atoms with van der Waals surface area (Å²) in [7, 11) is 2.22. The van der Waals surface area contributed by atoms with E-state index in [4.69, 9.17) is 0 Å². The highest BCUT2D eigenvalue weighted by atomic mass is 16.2. The maximum Gasteiger partial charge on any atom is 0.272 e. The van der Waals surface area contributed by atoms with Gasteiger partial charge in [0.05, 0.1) is 5.52 Å². The van der Waals surface area contributed by atoms with Crippen molar-refractivity contribution in [3.8, 4) is 0 Å². The van der Waals surface area contributed by atoms with Crippen LogP contribution >= 0.6 is 0 Å². The normalized spacial score (nSPS) is 27.6. The number of fused-ring (bicyclic) bond motifs is 3. The molecule has 2 aromatic rings. The van der Waals surface area contributed by atoms with E-state index in [-0.39, 0.29) is 18.0 Å². The van der Waals surface area contributed by atoms with E-state index >= 15 is 0 Å². The van der Waals surface area contributed by atoms with E-state index < -0.39 is 0 Å². The molecule has 1 amide bonds. The maximum atomic E-state index is 13.0. The topological polar surface area (TPSA) is 50.2 Å². The van der Waals surface area contributed by atoms with E-state index in [2.05, 4.69) is 42.3 Å². The van der Waals surface area contributed by atoms with E-state index in [0.717, 1.165) is 30.2 Å². The molecule has 0 saturated carbocycles. The Hall–Kier alpha value is -1.88. The van der Waals surface area contributed by atoms with Crippen LogP contribution < -0.4 is 5.32 Å². The molecular formula is C20H28N4O. The standard InChI is InChI=1S/C20H28N4O/c1-4-13(2)24-18-8-6-5-7-17(18)19(22-24)20(25)21-14-11-15-9-10-16(12-14)23(15)3/h5-8,13-16H,4,9-12H2,1-3H3,(H,21,25)/t13?,14?,15-,16+. The van der Waals surface area contributed by atoms with Gasteiger partial charge in [0.2, 0.25) is 0 Å². The first-order chi connectivity index (χ1) is 12.1. The van der Waals surface area contributed by atoms with Crippen molar-refractivity contribution in [3.63, 3.8) is 0 Å². The first-order valence-corrected chi connectivity index (χ1v) is 9.58. The smallest absolute Gasteiger partial charge is 0.272 e. The number of piperidine rings is 1. The molecular weight excluding hydrogens is 312 g/mol. The average molecular weight is 340 g/mol. The molecule has 134 valence electrons. The molecule has 5 nitrogen and oxygen atoms in total. The zero-order valence-electron chi connectivity index (χ0n) is 15.4. The van der Waals surface area contributed by atoms with Gasteiger partial charge in [-0.2, -0.15) is 5.10 Å². The summed E-state index contributed by atoms with van der Waals surface area (Å²) in [6.45, 7) is 4.30. The van der Waals surface area contributed by atoms with Gasteiger partial charge in [-0.3, -0.25) is 9.48 Å². The molecule has 2 fully saturated rings. The number of aromatic nitrogens is 2. The Morgan fingerprint density at radius 1 is 1.28 bits per heavy atom. The number of hydrogen-bond donors (Lipinski definition) is 1. The lowest BCUT2D eigenvalue weighted by Crippen LogP contribution is -2.48. The first kappa shape index (κ1) is 16.6. The van der Waals surface area contributed by atoms with Gasteiger partial charge in [-0.25, -0.2) is 0 Å². The van der Waals surface area contributed by atoms with Crippen LogP contribution in [0.1, 0.15) is 62.5 Å². The van der Waals surface area contributed by atoms with Crippen LogP contribution in [0.4, 0.5) is 0 Å². The van der Waals surface area contributed by atoms with Crippen molar-refractivity contribution in [2.75, 3.05) is 7.05 Å². The quantitative estimate of drug-likeness (QED) is 0.928. The molecule has 2 aliphatic heterocycles. The van der Waals surface area contributed by atoms with E-state index in [0.29, 0.717) is 17.8 Å². The number of nitrogens with zero attached hydrogens (tertiary/aromatic N) is 3.